The molecule has 0 aliphatic rings. The molecule has 1 aromatic heterocycles. The van der Waals surface area contributed by atoms with Crippen LogP contribution in [-0.4, -0.2) is 29.0 Å². The van der Waals surface area contributed by atoms with Crippen LogP contribution < -0.4 is 5.32 Å². The van der Waals surface area contributed by atoms with Gasteiger partial charge in [0.25, 0.3) is 0 Å². The van der Waals surface area contributed by atoms with E-state index in [1.807, 2.05) is 0 Å². The van der Waals surface area contributed by atoms with E-state index in [4.69, 9.17) is 4.74 Å². The molecule has 0 fully saturated rings. The first kappa shape index (κ1) is 16.2. The first-order chi connectivity index (χ1) is 8.97. The van der Waals surface area contributed by atoms with Gasteiger partial charge in [0.15, 0.2) is 0 Å². The molecule has 110 valence electrons. The maximum atomic E-state index is 5.54. The fourth-order valence-electron chi connectivity index (χ4n) is 2.46. The summed E-state index contributed by atoms with van der Waals surface area (Å²) < 4.78 is 7.62. The van der Waals surface area contributed by atoms with Crippen molar-refractivity contribution in [3.63, 3.8) is 0 Å². The largest absolute Gasteiger partial charge is 0.379 e. The van der Waals surface area contributed by atoms with Gasteiger partial charge in [0.05, 0.1) is 11.8 Å². The van der Waals surface area contributed by atoms with Crippen molar-refractivity contribution in [2.24, 2.45) is 0 Å². The highest BCUT2D eigenvalue weighted by atomic mass is 16.5. The zero-order valence-corrected chi connectivity index (χ0v) is 13.3. The van der Waals surface area contributed by atoms with E-state index in [0.29, 0.717) is 12.1 Å². The van der Waals surface area contributed by atoms with E-state index < -0.39 is 0 Å². The molecule has 0 aliphatic heterocycles. The van der Waals surface area contributed by atoms with Gasteiger partial charge in [-0.05, 0) is 54.5 Å². The van der Waals surface area contributed by atoms with Gasteiger partial charge in [-0.2, -0.15) is 5.10 Å². The van der Waals surface area contributed by atoms with Crippen LogP contribution in [0.15, 0.2) is 0 Å². The highest BCUT2D eigenvalue weighted by Crippen LogP contribution is 2.21. The molecule has 0 bridgehead atoms. The van der Waals surface area contributed by atoms with Crippen molar-refractivity contribution in [3.8, 4) is 0 Å². The van der Waals surface area contributed by atoms with Crippen molar-refractivity contribution in [3.05, 3.63) is 17.0 Å². The summed E-state index contributed by atoms with van der Waals surface area (Å²) in [6.07, 6.45) is 1.37. The smallest absolute Gasteiger partial charge is 0.0644 e. The minimum absolute atomic E-state index is 0.324. The molecule has 4 heteroatoms. The standard InChI is InChI=1S/C15H29N3O/c1-7-18-14(6)15(13(5)17-18)12(4)16-9-8-10-19-11(2)3/h11-12,16H,7-10H2,1-6H3. The predicted octanol–water partition coefficient (Wildman–Crippen LogP) is 2.99. The highest BCUT2D eigenvalue weighted by Gasteiger charge is 2.16. The minimum Gasteiger partial charge on any atom is -0.379 e. The van der Waals surface area contributed by atoms with E-state index in [1.165, 1.54) is 11.3 Å². The lowest BCUT2D eigenvalue weighted by molar-refractivity contribution is 0.0768. The van der Waals surface area contributed by atoms with Crippen LogP contribution in [0.3, 0.4) is 0 Å². The van der Waals surface area contributed by atoms with Crippen molar-refractivity contribution >= 4 is 0 Å². The van der Waals surface area contributed by atoms with Crippen LogP contribution in [-0.2, 0) is 11.3 Å². The second kappa shape index (κ2) is 7.65. The lowest BCUT2D eigenvalue weighted by Gasteiger charge is -2.15. The molecule has 1 unspecified atom stereocenters. The van der Waals surface area contributed by atoms with Gasteiger partial charge in [-0.25, -0.2) is 0 Å². The van der Waals surface area contributed by atoms with Crippen LogP contribution in [0.5, 0.6) is 0 Å². The number of hydrogen-bond acceptors (Lipinski definition) is 3. The zero-order chi connectivity index (χ0) is 14.4. The fourth-order valence-corrected chi connectivity index (χ4v) is 2.46. The summed E-state index contributed by atoms with van der Waals surface area (Å²) in [4.78, 5) is 0. The molecule has 1 aromatic rings. The van der Waals surface area contributed by atoms with Gasteiger partial charge < -0.3 is 10.1 Å². The van der Waals surface area contributed by atoms with Crippen LogP contribution in [0.25, 0.3) is 0 Å². The lowest BCUT2D eigenvalue weighted by Crippen LogP contribution is -2.22. The number of aromatic nitrogens is 2. The molecule has 1 heterocycles. The molecule has 1 atom stereocenters. The molecule has 0 spiro atoms. The summed E-state index contributed by atoms with van der Waals surface area (Å²) in [7, 11) is 0. The predicted molar refractivity (Wildman–Crippen MR) is 79.5 cm³/mol. The van der Waals surface area contributed by atoms with Gasteiger partial charge in [0.1, 0.15) is 0 Å². The molecule has 0 amide bonds. The maximum absolute atomic E-state index is 5.54. The molecule has 0 saturated heterocycles. The molecule has 1 rings (SSSR count). The number of hydrogen-bond donors (Lipinski definition) is 1. The van der Waals surface area contributed by atoms with Gasteiger partial charge in [0, 0.05) is 30.5 Å². The third kappa shape index (κ3) is 4.62. The van der Waals surface area contributed by atoms with Crippen LogP contribution in [0.2, 0.25) is 0 Å². The van der Waals surface area contributed by atoms with Crippen LogP contribution in [0.1, 0.15) is 57.1 Å². The second-order valence-corrected chi connectivity index (χ2v) is 5.35. The number of nitrogens with zero attached hydrogens (tertiary/aromatic N) is 2. The van der Waals surface area contributed by atoms with Crippen molar-refractivity contribution in [2.75, 3.05) is 13.2 Å². The molecule has 0 aliphatic carbocycles. The maximum Gasteiger partial charge on any atom is 0.0644 e. The third-order valence-corrected chi connectivity index (χ3v) is 3.39. The van der Waals surface area contributed by atoms with Crippen molar-refractivity contribution < 1.29 is 4.74 Å². The monoisotopic (exact) mass is 267 g/mol. The van der Waals surface area contributed by atoms with Gasteiger partial charge >= 0.3 is 0 Å². The Morgan fingerprint density at radius 1 is 1.26 bits per heavy atom. The zero-order valence-electron chi connectivity index (χ0n) is 13.3. The van der Waals surface area contributed by atoms with Crippen molar-refractivity contribution in [2.45, 2.75) is 66.7 Å². The molecule has 0 aromatic carbocycles. The van der Waals surface area contributed by atoms with Crippen molar-refractivity contribution in [1.29, 1.82) is 0 Å². The summed E-state index contributed by atoms with van der Waals surface area (Å²) in [5.41, 5.74) is 3.75. The van der Waals surface area contributed by atoms with E-state index in [0.717, 1.165) is 31.8 Å². The van der Waals surface area contributed by atoms with Crippen LogP contribution in [0.4, 0.5) is 0 Å². The SMILES string of the molecule is CCn1nc(C)c(C(C)NCCCOC(C)C)c1C. The first-order valence-corrected chi connectivity index (χ1v) is 7.36. The van der Waals surface area contributed by atoms with Crippen molar-refractivity contribution in [1.82, 2.24) is 15.1 Å². The number of rotatable bonds is 8. The Morgan fingerprint density at radius 2 is 1.95 bits per heavy atom. The Balaban J connectivity index is 2.45. The van der Waals surface area contributed by atoms with Gasteiger partial charge in [0.2, 0.25) is 0 Å². The summed E-state index contributed by atoms with van der Waals surface area (Å²) in [5.74, 6) is 0. The molecular formula is C15H29N3O. The fraction of sp³-hybridized carbons (Fsp3) is 0.800. The molecule has 0 radical (unpaired) electrons. The third-order valence-electron chi connectivity index (χ3n) is 3.39. The van der Waals surface area contributed by atoms with E-state index in [-0.39, 0.29) is 0 Å². The normalized spacial score (nSPS) is 13.2. The van der Waals surface area contributed by atoms with E-state index in [2.05, 4.69) is 56.6 Å². The lowest BCUT2D eigenvalue weighted by atomic mass is 10.1. The summed E-state index contributed by atoms with van der Waals surface area (Å²) in [5, 5.41) is 8.13. The average molecular weight is 267 g/mol. The molecular weight excluding hydrogens is 238 g/mol. The topological polar surface area (TPSA) is 39.1 Å². The summed E-state index contributed by atoms with van der Waals surface area (Å²) in [6.45, 7) is 15.5. The van der Waals surface area contributed by atoms with Gasteiger partial charge in [-0.1, -0.05) is 0 Å². The Morgan fingerprint density at radius 3 is 2.47 bits per heavy atom. The number of ether oxygens (including phenoxy) is 1. The molecule has 1 N–H and O–H groups in total. The summed E-state index contributed by atoms with van der Waals surface area (Å²) >= 11 is 0. The first-order valence-electron chi connectivity index (χ1n) is 7.36. The Kier molecular flexibility index (Phi) is 6.52. The van der Waals surface area contributed by atoms with E-state index >= 15 is 0 Å². The van der Waals surface area contributed by atoms with Crippen LogP contribution in [0, 0.1) is 13.8 Å². The summed E-state index contributed by atoms with van der Waals surface area (Å²) in [6, 6.07) is 0.347. The number of aryl methyl sites for hydroxylation is 2. The molecule has 4 nitrogen and oxygen atoms in total. The Hall–Kier alpha value is -0.870. The van der Waals surface area contributed by atoms with E-state index in [9.17, 15) is 0 Å². The molecule has 0 saturated carbocycles. The second-order valence-electron chi connectivity index (χ2n) is 5.35. The number of nitrogens with one attached hydrogen (secondary N) is 1. The Labute approximate surface area is 117 Å². The molecule has 19 heavy (non-hydrogen) atoms. The Bertz CT molecular complexity index is 385. The minimum atomic E-state index is 0.324. The highest BCUT2D eigenvalue weighted by molar-refractivity contribution is 5.27. The van der Waals surface area contributed by atoms with Gasteiger partial charge in [-0.3, -0.25) is 4.68 Å². The van der Waals surface area contributed by atoms with Crippen LogP contribution >= 0.6 is 0 Å². The van der Waals surface area contributed by atoms with Gasteiger partial charge in [-0.15, -0.1) is 0 Å². The van der Waals surface area contributed by atoms with E-state index in [1.54, 1.807) is 0 Å². The quantitative estimate of drug-likeness (QED) is 0.736. The average Bonchev–Trinajstić information content (AvgIpc) is 2.63.